The number of fused-ring (bicyclic) bond motifs is 1. The third kappa shape index (κ3) is 3.92. The number of halogens is 1. The molecular weight excluding hydrogens is 351 g/mol. The van der Waals surface area contributed by atoms with Gasteiger partial charge in [-0.25, -0.2) is 4.39 Å². The fourth-order valence-corrected chi connectivity index (χ4v) is 3.56. The Morgan fingerprint density at radius 2 is 1.57 bits per heavy atom. The van der Waals surface area contributed by atoms with Crippen LogP contribution >= 0.6 is 0 Å². The van der Waals surface area contributed by atoms with Crippen LogP contribution in [-0.2, 0) is 19.6 Å². The van der Waals surface area contributed by atoms with E-state index in [1.165, 1.54) is 28.6 Å². The van der Waals surface area contributed by atoms with Crippen LogP contribution in [0.2, 0.25) is 0 Å². The van der Waals surface area contributed by atoms with Gasteiger partial charge in [0.25, 0.3) is 0 Å². The van der Waals surface area contributed by atoms with E-state index >= 15 is 0 Å². The zero-order chi connectivity index (χ0) is 19.3. The van der Waals surface area contributed by atoms with Gasteiger partial charge in [0.2, 0.25) is 0 Å². The highest BCUT2D eigenvalue weighted by atomic mass is 19.1. The third-order valence-electron chi connectivity index (χ3n) is 4.96. The summed E-state index contributed by atoms with van der Waals surface area (Å²) < 4.78 is 20.8. The van der Waals surface area contributed by atoms with Crippen molar-refractivity contribution in [3.05, 3.63) is 102 Å². The molecule has 0 unspecified atom stereocenters. The first-order valence-corrected chi connectivity index (χ1v) is 9.38. The van der Waals surface area contributed by atoms with Gasteiger partial charge in [-0.2, -0.15) is 0 Å². The molecule has 0 aliphatic carbocycles. The predicted octanol–water partition coefficient (Wildman–Crippen LogP) is 5.13. The third-order valence-corrected chi connectivity index (χ3v) is 4.96. The summed E-state index contributed by atoms with van der Waals surface area (Å²) in [5, 5.41) is 4.76. The number of para-hydroxylation sites is 2. The number of rotatable bonds is 7. The highest BCUT2D eigenvalue weighted by Crippen LogP contribution is 2.23. The molecule has 0 aliphatic rings. The quantitative estimate of drug-likeness (QED) is 0.485. The number of hydrogen-bond acceptors (Lipinski definition) is 2. The van der Waals surface area contributed by atoms with Crippen molar-refractivity contribution in [2.24, 2.45) is 0 Å². The summed E-state index contributed by atoms with van der Waals surface area (Å²) in [5.74, 6) is 0.691. The number of ether oxygens (including phenoxy) is 1. The Labute approximate surface area is 164 Å². The fourth-order valence-electron chi connectivity index (χ4n) is 3.56. The first kappa shape index (κ1) is 18.3. The molecule has 1 N–H and O–H groups in total. The van der Waals surface area contributed by atoms with E-state index in [9.17, 15) is 4.39 Å². The van der Waals surface area contributed by atoms with Crippen molar-refractivity contribution in [2.45, 2.75) is 19.6 Å². The van der Waals surface area contributed by atoms with Gasteiger partial charge in [0.15, 0.2) is 0 Å². The van der Waals surface area contributed by atoms with Crippen molar-refractivity contribution in [3.8, 4) is 5.75 Å². The van der Waals surface area contributed by atoms with E-state index in [1.54, 1.807) is 7.11 Å². The first-order chi connectivity index (χ1) is 13.7. The van der Waals surface area contributed by atoms with Crippen LogP contribution in [0.3, 0.4) is 0 Å². The van der Waals surface area contributed by atoms with Crippen molar-refractivity contribution in [2.75, 3.05) is 7.11 Å². The van der Waals surface area contributed by atoms with Gasteiger partial charge in [0, 0.05) is 42.3 Å². The average molecular weight is 374 g/mol. The predicted molar refractivity (Wildman–Crippen MR) is 111 cm³/mol. The Balaban J connectivity index is 1.53. The van der Waals surface area contributed by atoms with Gasteiger partial charge in [-0.3, -0.25) is 0 Å². The monoisotopic (exact) mass is 374 g/mol. The number of methoxy groups -OCH3 is 1. The summed E-state index contributed by atoms with van der Waals surface area (Å²) in [6.07, 6.45) is 2.18. The van der Waals surface area contributed by atoms with Gasteiger partial charge >= 0.3 is 0 Å². The van der Waals surface area contributed by atoms with Crippen LogP contribution in [0.25, 0.3) is 10.9 Å². The van der Waals surface area contributed by atoms with Crippen LogP contribution in [0, 0.1) is 5.82 Å². The maximum atomic E-state index is 13.2. The molecular formula is C24H23FN2O. The molecule has 0 bridgehead atoms. The van der Waals surface area contributed by atoms with Crippen LogP contribution in [0.4, 0.5) is 4.39 Å². The van der Waals surface area contributed by atoms with Crippen molar-refractivity contribution in [1.82, 2.24) is 9.88 Å². The van der Waals surface area contributed by atoms with Crippen molar-refractivity contribution in [1.29, 1.82) is 0 Å². The largest absolute Gasteiger partial charge is 0.496 e. The molecule has 142 valence electrons. The Morgan fingerprint density at radius 1 is 0.857 bits per heavy atom. The topological polar surface area (TPSA) is 26.2 Å². The Kier molecular flexibility index (Phi) is 5.40. The lowest BCUT2D eigenvalue weighted by atomic mass is 10.1. The first-order valence-electron chi connectivity index (χ1n) is 9.38. The van der Waals surface area contributed by atoms with Gasteiger partial charge in [0.05, 0.1) is 7.11 Å². The van der Waals surface area contributed by atoms with Crippen molar-refractivity contribution in [3.63, 3.8) is 0 Å². The molecule has 3 nitrogen and oxygen atoms in total. The maximum absolute atomic E-state index is 13.2. The molecule has 3 aromatic carbocycles. The Hall–Kier alpha value is -3.11. The van der Waals surface area contributed by atoms with Crippen molar-refractivity contribution >= 4 is 10.9 Å². The zero-order valence-corrected chi connectivity index (χ0v) is 15.9. The minimum Gasteiger partial charge on any atom is -0.496 e. The molecule has 0 saturated heterocycles. The molecule has 0 aliphatic heterocycles. The van der Waals surface area contributed by atoms with E-state index < -0.39 is 0 Å². The minimum atomic E-state index is -0.206. The second-order valence-corrected chi connectivity index (χ2v) is 6.84. The van der Waals surface area contributed by atoms with E-state index in [0.717, 1.165) is 30.0 Å². The number of nitrogens with zero attached hydrogens (tertiary/aromatic N) is 1. The van der Waals surface area contributed by atoms with Gasteiger partial charge < -0.3 is 14.6 Å². The number of nitrogens with one attached hydrogen (secondary N) is 1. The van der Waals surface area contributed by atoms with Crippen LogP contribution < -0.4 is 10.1 Å². The molecule has 4 rings (SSSR count). The number of hydrogen-bond donors (Lipinski definition) is 1. The van der Waals surface area contributed by atoms with Crippen LogP contribution in [-0.4, -0.2) is 11.7 Å². The van der Waals surface area contributed by atoms with Gasteiger partial charge in [0.1, 0.15) is 11.6 Å². The average Bonchev–Trinajstić information content (AvgIpc) is 3.08. The summed E-state index contributed by atoms with van der Waals surface area (Å²) in [6, 6.07) is 23.1. The van der Waals surface area contributed by atoms with Crippen molar-refractivity contribution < 1.29 is 9.13 Å². The summed E-state index contributed by atoms with van der Waals surface area (Å²) in [7, 11) is 1.70. The Bertz CT molecular complexity index is 1070. The van der Waals surface area contributed by atoms with Crippen LogP contribution in [0.5, 0.6) is 5.75 Å². The van der Waals surface area contributed by atoms with E-state index in [0.29, 0.717) is 6.54 Å². The molecule has 1 heterocycles. The highest BCUT2D eigenvalue weighted by molar-refractivity contribution is 5.84. The lowest BCUT2D eigenvalue weighted by Crippen LogP contribution is -2.13. The molecule has 0 amide bonds. The summed E-state index contributed by atoms with van der Waals surface area (Å²) in [5.41, 5.74) is 4.64. The van der Waals surface area contributed by atoms with Gasteiger partial charge in [-0.15, -0.1) is 0 Å². The molecule has 0 spiro atoms. The molecule has 1 aromatic heterocycles. The number of aromatic nitrogens is 1. The molecule has 28 heavy (non-hydrogen) atoms. The SMILES string of the molecule is COc1ccccc1CNCc1cn(Cc2ccc(F)cc2)c2ccccc12. The molecule has 0 radical (unpaired) electrons. The lowest BCUT2D eigenvalue weighted by Gasteiger charge is -2.09. The normalized spacial score (nSPS) is 11.1. The maximum Gasteiger partial charge on any atom is 0.123 e. The molecule has 0 atom stereocenters. The highest BCUT2D eigenvalue weighted by Gasteiger charge is 2.09. The van der Waals surface area contributed by atoms with Gasteiger partial charge in [-0.05, 0) is 35.4 Å². The fraction of sp³-hybridized carbons (Fsp3) is 0.167. The zero-order valence-electron chi connectivity index (χ0n) is 15.9. The van der Waals surface area contributed by atoms with E-state index in [2.05, 4.69) is 46.4 Å². The van der Waals surface area contributed by atoms with E-state index in [-0.39, 0.29) is 5.82 Å². The minimum absolute atomic E-state index is 0.206. The molecule has 4 heteroatoms. The van der Waals surface area contributed by atoms with Gasteiger partial charge in [-0.1, -0.05) is 48.5 Å². The standard InChI is InChI=1S/C24H23FN2O/c1-28-24-9-5-2-6-19(24)14-26-15-20-17-27(23-8-4-3-7-22(20)23)16-18-10-12-21(25)13-11-18/h2-13,17,26H,14-16H2,1H3. The van der Waals surface area contributed by atoms with Crippen LogP contribution in [0.15, 0.2) is 79.0 Å². The summed E-state index contributed by atoms with van der Waals surface area (Å²) in [4.78, 5) is 0. The lowest BCUT2D eigenvalue weighted by molar-refractivity contribution is 0.407. The smallest absolute Gasteiger partial charge is 0.123 e. The molecule has 0 fully saturated rings. The Morgan fingerprint density at radius 3 is 2.39 bits per heavy atom. The molecule has 0 saturated carbocycles. The number of benzene rings is 3. The summed E-state index contributed by atoms with van der Waals surface area (Å²) >= 11 is 0. The molecule has 4 aromatic rings. The summed E-state index contributed by atoms with van der Waals surface area (Å²) in [6.45, 7) is 2.21. The van der Waals surface area contributed by atoms with Crippen LogP contribution in [0.1, 0.15) is 16.7 Å². The second kappa shape index (κ2) is 8.28. The van der Waals surface area contributed by atoms with E-state index in [4.69, 9.17) is 4.74 Å². The van der Waals surface area contributed by atoms with E-state index in [1.807, 2.05) is 30.3 Å². The second-order valence-electron chi connectivity index (χ2n) is 6.84.